The summed E-state index contributed by atoms with van der Waals surface area (Å²) in [6.07, 6.45) is 0. The number of carbonyl (C=O) groups excluding carboxylic acids is 3. The number of carbonyl (C=O) groups is 3. The van der Waals surface area contributed by atoms with Crippen LogP contribution in [0.5, 0.6) is 5.75 Å². The Morgan fingerprint density at radius 1 is 1.11 bits per heavy atom. The summed E-state index contributed by atoms with van der Waals surface area (Å²) in [5, 5.41) is 3.75. The molecular weight excluding hydrogens is 393 g/mol. The predicted molar refractivity (Wildman–Crippen MR) is 99.7 cm³/mol. The maximum absolute atomic E-state index is 12.8. The molecule has 0 spiro atoms. The Morgan fingerprint density at radius 2 is 1.70 bits per heavy atom. The predicted octanol–water partition coefficient (Wildman–Crippen LogP) is 3.11. The molecule has 4 amide bonds. The lowest BCUT2D eigenvalue weighted by Gasteiger charge is -2.22. The van der Waals surface area contributed by atoms with Crippen molar-refractivity contribution in [3.63, 3.8) is 0 Å². The molecule has 1 aliphatic rings. The van der Waals surface area contributed by atoms with Crippen molar-refractivity contribution in [1.82, 2.24) is 15.8 Å². The van der Waals surface area contributed by atoms with E-state index >= 15 is 0 Å². The average Bonchev–Trinajstić information content (AvgIpc) is 2.85. The minimum Gasteiger partial charge on any atom is -0.497 e. The molecule has 2 aromatic rings. The molecule has 0 unspecified atom stereocenters. The van der Waals surface area contributed by atoms with Crippen LogP contribution in [-0.4, -0.2) is 30.0 Å². The molecule has 9 heteroatoms. The van der Waals surface area contributed by atoms with Gasteiger partial charge in [-0.25, -0.2) is 4.79 Å². The van der Waals surface area contributed by atoms with Gasteiger partial charge >= 0.3 is 6.03 Å². The van der Waals surface area contributed by atoms with E-state index in [0.29, 0.717) is 16.3 Å². The van der Waals surface area contributed by atoms with Crippen LogP contribution >= 0.6 is 23.2 Å². The van der Waals surface area contributed by atoms with E-state index in [-0.39, 0.29) is 15.6 Å². The molecule has 0 radical (unpaired) electrons. The molecular formula is C18H15Cl2N3O4. The second-order valence-electron chi connectivity index (χ2n) is 6.02. The highest BCUT2D eigenvalue weighted by Crippen LogP contribution is 2.29. The molecule has 0 saturated carbocycles. The van der Waals surface area contributed by atoms with Gasteiger partial charge in [-0.1, -0.05) is 35.3 Å². The van der Waals surface area contributed by atoms with Gasteiger partial charge in [-0.2, -0.15) is 5.01 Å². The van der Waals surface area contributed by atoms with Crippen LogP contribution in [0.15, 0.2) is 42.5 Å². The van der Waals surface area contributed by atoms with E-state index < -0.39 is 23.4 Å². The van der Waals surface area contributed by atoms with Gasteiger partial charge in [0.25, 0.3) is 11.8 Å². The number of hydrazine groups is 1. The fraction of sp³-hybridized carbons (Fsp3) is 0.167. The van der Waals surface area contributed by atoms with Gasteiger partial charge in [-0.05, 0) is 42.8 Å². The lowest BCUT2D eigenvalue weighted by atomic mass is 9.92. The fourth-order valence-electron chi connectivity index (χ4n) is 2.71. The number of urea groups is 1. The van der Waals surface area contributed by atoms with Crippen molar-refractivity contribution < 1.29 is 19.1 Å². The Morgan fingerprint density at radius 3 is 2.26 bits per heavy atom. The molecule has 27 heavy (non-hydrogen) atoms. The molecule has 1 atom stereocenters. The smallest absolute Gasteiger partial charge is 0.344 e. The Hall–Kier alpha value is -2.77. The summed E-state index contributed by atoms with van der Waals surface area (Å²) in [7, 11) is 1.53. The number of nitrogens with zero attached hydrogens (tertiary/aromatic N) is 1. The van der Waals surface area contributed by atoms with Crippen molar-refractivity contribution in [2.45, 2.75) is 12.5 Å². The van der Waals surface area contributed by atoms with E-state index in [2.05, 4.69) is 10.7 Å². The number of amides is 4. The van der Waals surface area contributed by atoms with Crippen LogP contribution in [0.3, 0.4) is 0 Å². The van der Waals surface area contributed by atoms with Gasteiger partial charge in [0.2, 0.25) is 0 Å². The van der Waals surface area contributed by atoms with Gasteiger partial charge in [0, 0.05) is 15.6 Å². The SMILES string of the molecule is COc1ccc([C@]2(C)NC(=O)N(NC(=O)c3cc(Cl)cc(Cl)c3)C2=O)cc1. The number of rotatable bonds is 4. The molecule has 1 heterocycles. The molecule has 1 saturated heterocycles. The number of halogens is 2. The summed E-state index contributed by atoms with van der Waals surface area (Å²) in [5.74, 6) is -0.705. The van der Waals surface area contributed by atoms with Crippen molar-refractivity contribution in [3.8, 4) is 5.75 Å². The Labute approximate surface area is 165 Å². The van der Waals surface area contributed by atoms with E-state index in [4.69, 9.17) is 27.9 Å². The van der Waals surface area contributed by atoms with E-state index in [9.17, 15) is 14.4 Å². The molecule has 140 valence electrons. The highest BCUT2D eigenvalue weighted by atomic mass is 35.5. The Bertz CT molecular complexity index is 912. The van der Waals surface area contributed by atoms with Crippen LogP contribution < -0.4 is 15.5 Å². The van der Waals surface area contributed by atoms with Crippen LogP contribution in [0.4, 0.5) is 4.79 Å². The van der Waals surface area contributed by atoms with Crippen LogP contribution in [-0.2, 0) is 10.3 Å². The van der Waals surface area contributed by atoms with Gasteiger partial charge < -0.3 is 10.1 Å². The van der Waals surface area contributed by atoms with Crippen molar-refractivity contribution in [3.05, 3.63) is 63.6 Å². The molecule has 1 fully saturated rings. The fourth-order valence-corrected chi connectivity index (χ4v) is 3.24. The molecule has 0 bridgehead atoms. The van der Waals surface area contributed by atoms with Gasteiger partial charge in [0.15, 0.2) is 0 Å². The Balaban J connectivity index is 1.84. The number of imide groups is 1. The third-order valence-electron chi connectivity index (χ3n) is 4.20. The highest BCUT2D eigenvalue weighted by Gasteiger charge is 2.50. The van der Waals surface area contributed by atoms with Gasteiger partial charge in [0.1, 0.15) is 11.3 Å². The van der Waals surface area contributed by atoms with Crippen molar-refractivity contribution in [2.24, 2.45) is 0 Å². The number of benzene rings is 2. The Kier molecular flexibility index (Phi) is 4.99. The molecule has 2 N–H and O–H groups in total. The molecule has 1 aliphatic heterocycles. The molecule has 7 nitrogen and oxygen atoms in total. The van der Waals surface area contributed by atoms with Gasteiger partial charge in [0.05, 0.1) is 7.11 Å². The topological polar surface area (TPSA) is 87.7 Å². The average molecular weight is 408 g/mol. The lowest BCUT2D eigenvalue weighted by Crippen LogP contribution is -2.47. The van der Waals surface area contributed by atoms with Crippen molar-refractivity contribution in [1.29, 1.82) is 0 Å². The minimum atomic E-state index is -1.33. The first-order valence-electron chi connectivity index (χ1n) is 7.83. The van der Waals surface area contributed by atoms with E-state index in [0.717, 1.165) is 0 Å². The maximum atomic E-state index is 12.8. The molecule has 3 rings (SSSR count). The lowest BCUT2D eigenvalue weighted by molar-refractivity contribution is -0.132. The number of hydrogen-bond acceptors (Lipinski definition) is 4. The van der Waals surface area contributed by atoms with Crippen LogP contribution in [0.1, 0.15) is 22.8 Å². The van der Waals surface area contributed by atoms with Gasteiger partial charge in [-0.3, -0.25) is 15.0 Å². The zero-order chi connectivity index (χ0) is 19.8. The first kappa shape index (κ1) is 19.0. The number of hydrogen-bond donors (Lipinski definition) is 2. The summed E-state index contributed by atoms with van der Waals surface area (Å²) in [6, 6.07) is 10.2. The second kappa shape index (κ2) is 7.09. The zero-order valence-corrected chi connectivity index (χ0v) is 15.9. The molecule has 0 aliphatic carbocycles. The van der Waals surface area contributed by atoms with E-state index in [1.807, 2.05) is 0 Å². The summed E-state index contributed by atoms with van der Waals surface area (Å²) in [6.45, 7) is 1.55. The first-order chi connectivity index (χ1) is 12.7. The summed E-state index contributed by atoms with van der Waals surface area (Å²) in [4.78, 5) is 37.5. The van der Waals surface area contributed by atoms with E-state index in [1.165, 1.54) is 25.3 Å². The van der Waals surface area contributed by atoms with Crippen molar-refractivity contribution in [2.75, 3.05) is 7.11 Å². The third kappa shape index (κ3) is 3.56. The van der Waals surface area contributed by atoms with Gasteiger partial charge in [-0.15, -0.1) is 0 Å². The standard InChI is InChI=1S/C18H15Cl2N3O4/c1-18(11-3-5-14(27-2)6-4-11)16(25)23(17(26)21-18)22-15(24)10-7-12(19)9-13(20)8-10/h3-9H,1-2H3,(H,21,26)(H,22,24)/t18-/m0/s1. The quantitative estimate of drug-likeness (QED) is 0.762. The molecule has 2 aromatic carbocycles. The van der Waals surface area contributed by atoms with Crippen LogP contribution in [0.2, 0.25) is 10.0 Å². The summed E-state index contributed by atoms with van der Waals surface area (Å²) >= 11 is 11.8. The zero-order valence-electron chi connectivity index (χ0n) is 14.4. The minimum absolute atomic E-state index is 0.117. The normalized spacial score (nSPS) is 19.0. The second-order valence-corrected chi connectivity index (χ2v) is 6.90. The van der Waals surface area contributed by atoms with Crippen LogP contribution in [0.25, 0.3) is 0 Å². The number of ether oxygens (including phenoxy) is 1. The van der Waals surface area contributed by atoms with Crippen LogP contribution in [0, 0.1) is 0 Å². The largest absolute Gasteiger partial charge is 0.497 e. The summed E-state index contributed by atoms with van der Waals surface area (Å²) < 4.78 is 5.09. The summed E-state index contributed by atoms with van der Waals surface area (Å²) in [5.41, 5.74) is 1.62. The van der Waals surface area contributed by atoms with Crippen molar-refractivity contribution >= 4 is 41.0 Å². The van der Waals surface area contributed by atoms with E-state index in [1.54, 1.807) is 31.2 Å². The monoisotopic (exact) mass is 407 g/mol. The maximum Gasteiger partial charge on any atom is 0.344 e. The first-order valence-corrected chi connectivity index (χ1v) is 8.58. The highest BCUT2D eigenvalue weighted by molar-refractivity contribution is 6.35. The number of nitrogens with one attached hydrogen (secondary N) is 2. The molecule has 0 aromatic heterocycles. The third-order valence-corrected chi connectivity index (χ3v) is 4.63. The number of methoxy groups -OCH3 is 1.